The molecule has 1 aromatic rings. The van der Waals surface area contributed by atoms with Crippen molar-refractivity contribution in [3.8, 4) is 5.75 Å². The molecule has 1 rings (SSSR count). The van der Waals surface area contributed by atoms with Crippen LogP contribution in [0.5, 0.6) is 5.75 Å². The maximum atomic E-state index is 11.6. The van der Waals surface area contributed by atoms with Crippen molar-refractivity contribution in [3.63, 3.8) is 0 Å². The van der Waals surface area contributed by atoms with Crippen LogP contribution in [0.4, 0.5) is 0 Å². The van der Waals surface area contributed by atoms with Gasteiger partial charge in [-0.2, -0.15) is 0 Å². The van der Waals surface area contributed by atoms with E-state index in [9.17, 15) is 14.4 Å². The van der Waals surface area contributed by atoms with Crippen LogP contribution in [0.3, 0.4) is 0 Å². The molecular formula is C15H18N2O5. The van der Waals surface area contributed by atoms with Gasteiger partial charge in [0.25, 0.3) is 5.91 Å². The van der Waals surface area contributed by atoms with Gasteiger partial charge in [0.05, 0.1) is 20.1 Å². The summed E-state index contributed by atoms with van der Waals surface area (Å²) >= 11 is 0. The highest BCUT2D eigenvalue weighted by molar-refractivity contribution is 5.95. The molecule has 118 valence electrons. The average Bonchev–Trinajstić information content (AvgIpc) is 2.52. The number of hydrogen-bond donors (Lipinski definition) is 2. The molecule has 0 atom stereocenters. The van der Waals surface area contributed by atoms with Crippen LogP contribution in [0.25, 0.3) is 0 Å². The third kappa shape index (κ3) is 6.56. The van der Waals surface area contributed by atoms with Crippen molar-refractivity contribution < 1.29 is 23.9 Å². The molecule has 0 saturated carbocycles. The predicted molar refractivity (Wildman–Crippen MR) is 78.8 cm³/mol. The van der Waals surface area contributed by atoms with E-state index in [2.05, 4.69) is 15.6 Å². The molecule has 2 N–H and O–H groups in total. The highest BCUT2D eigenvalue weighted by Gasteiger charge is 2.05. The summed E-state index contributed by atoms with van der Waals surface area (Å²) in [7, 11) is 1.56. The number of hydrazine groups is 1. The fourth-order valence-electron chi connectivity index (χ4n) is 1.48. The Balaban J connectivity index is 2.35. The zero-order chi connectivity index (χ0) is 16.4. The third-order valence-corrected chi connectivity index (χ3v) is 2.51. The molecule has 0 aliphatic rings. The van der Waals surface area contributed by atoms with Crippen LogP contribution in [0.2, 0.25) is 0 Å². The lowest BCUT2D eigenvalue weighted by Crippen LogP contribution is -2.41. The van der Waals surface area contributed by atoms with Crippen molar-refractivity contribution >= 4 is 17.8 Å². The van der Waals surface area contributed by atoms with E-state index < -0.39 is 11.9 Å². The molecule has 2 amide bonds. The van der Waals surface area contributed by atoms with Crippen LogP contribution in [0.15, 0.2) is 36.4 Å². The second-order valence-corrected chi connectivity index (χ2v) is 4.15. The van der Waals surface area contributed by atoms with Gasteiger partial charge in [-0.05, 0) is 24.6 Å². The van der Waals surface area contributed by atoms with Crippen molar-refractivity contribution in [2.45, 2.75) is 13.3 Å². The highest BCUT2D eigenvalue weighted by atomic mass is 16.5. The number of methoxy groups -OCH3 is 1. The molecule has 0 spiro atoms. The number of ether oxygens (including phenoxy) is 2. The molecule has 7 nitrogen and oxygen atoms in total. The summed E-state index contributed by atoms with van der Waals surface area (Å²) in [6.07, 6.45) is 2.06. The fraction of sp³-hybridized carbons (Fsp3) is 0.267. The van der Waals surface area contributed by atoms with Crippen LogP contribution in [-0.4, -0.2) is 31.5 Å². The molecule has 0 aromatic heterocycles. The lowest BCUT2D eigenvalue weighted by atomic mass is 10.1. The van der Waals surface area contributed by atoms with Gasteiger partial charge in [0, 0.05) is 12.2 Å². The van der Waals surface area contributed by atoms with Crippen LogP contribution >= 0.6 is 0 Å². The summed E-state index contributed by atoms with van der Waals surface area (Å²) in [5, 5.41) is 0. The third-order valence-electron chi connectivity index (χ3n) is 2.51. The second kappa shape index (κ2) is 9.17. The topological polar surface area (TPSA) is 93.7 Å². The van der Waals surface area contributed by atoms with Crippen molar-refractivity contribution in [1.82, 2.24) is 10.9 Å². The molecule has 0 unspecified atom stereocenters. The largest absolute Gasteiger partial charge is 0.497 e. The van der Waals surface area contributed by atoms with E-state index in [0.29, 0.717) is 5.75 Å². The van der Waals surface area contributed by atoms with E-state index in [4.69, 9.17) is 4.74 Å². The van der Waals surface area contributed by atoms with E-state index in [0.717, 1.165) is 17.7 Å². The minimum atomic E-state index is -0.629. The van der Waals surface area contributed by atoms with Crippen LogP contribution in [0.1, 0.15) is 12.5 Å². The lowest BCUT2D eigenvalue weighted by Gasteiger charge is -2.06. The van der Waals surface area contributed by atoms with Gasteiger partial charge in [0.1, 0.15) is 5.75 Å². The Kier molecular flexibility index (Phi) is 7.18. The Hall–Kier alpha value is -2.83. The summed E-state index contributed by atoms with van der Waals surface area (Å²) < 4.78 is 9.63. The predicted octanol–water partition coefficient (Wildman–Crippen LogP) is 0.504. The first-order valence-corrected chi connectivity index (χ1v) is 6.61. The van der Waals surface area contributed by atoms with Gasteiger partial charge in [-0.15, -0.1) is 0 Å². The van der Waals surface area contributed by atoms with E-state index in [1.807, 2.05) is 0 Å². The Morgan fingerprint density at radius 3 is 2.36 bits per heavy atom. The monoisotopic (exact) mass is 306 g/mol. The standard InChI is InChI=1S/C15H18N2O5/c1-3-22-15(20)9-8-13(18)16-17-14(19)10-11-4-6-12(21-2)7-5-11/h4-9H,3,10H2,1-2H3,(H,16,18)(H,17,19)/b9-8+. The molecule has 7 heteroatoms. The first-order chi connectivity index (χ1) is 10.5. The number of esters is 1. The number of carbonyl (C=O) groups excluding carboxylic acids is 3. The highest BCUT2D eigenvalue weighted by Crippen LogP contribution is 2.11. The second-order valence-electron chi connectivity index (χ2n) is 4.15. The van der Waals surface area contributed by atoms with Gasteiger partial charge in [0.2, 0.25) is 5.91 Å². The number of nitrogens with one attached hydrogen (secondary N) is 2. The minimum Gasteiger partial charge on any atom is -0.497 e. The van der Waals surface area contributed by atoms with Crippen molar-refractivity contribution in [3.05, 3.63) is 42.0 Å². The molecule has 0 radical (unpaired) electrons. The summed E-state index contributed by atoms with van der Waals surface area (Å²) in [4.78, 5) is 34.0. The Morgan fingerprint density at radius 2 is 1.77 bits per heavy atom. The first-order valence-electron chi connectivity index (χ1n) is 6.61. The number of benzene rings is 1. The van der Waals surface area contributed by atoms with Crippen molar-refractivity contribution in [1.29, 1.82) is 0 Å². The smallest absolute Gasteiger partial charge is 0.330 e. The number of hydrogen-bond acceptors (Lipinski definition) is 5. The summed E-state index contributed by atoms with van der Waals surface area (Å²) in [6, 6.07) is 6.98. The van der Waals surface area contributed by atoms with Crippen LogP contribution in [0, 0.1) is 0 Å². The van der Waals surface area contributed by atoms with Gasteiger partial charge >= 0.3 is 5.97 Å². The molecule has 0 aliphatic carbocycles. The number of rotatable bonds is 6. The van der Waals surface area contributed by atoms with Crippen LogP contribution < -0.4 is 15.6 Å². The molecule has 0 heterocycles. The SMILES string of the molecule is CCOC(=O)/C=C/C(=O)NNC(=O)Cc1ccc(OC)cc1. The zero-order valence-corrected chi connectivity index (χ0v) is 12.4. The van der Waals surface area contributed by atoms with E-state index in [1.165, 1.54) is 0 Å². The molecule has 0 aliphatic heterocycles. The van der Waals surface area contributed by atoms with Crippen molar-refractivity contribution in [2.24, 2.45) is 0 Å². The normalized spacial score (nSPS) is 10.1. The quantitative estimate of drug-likeness (QED) is 0.453. The lowest BCUT2D eigenvalue weighted by molar-refractivity contribution is -0.137. The zero-order valence-electron chi connectivity index (χ0n) is 12.4. The molecular weight excluding hydrogens is 288 g/mol. The summed E-state index contributed by atoms with van der Waals surface area (Å²) in [6.45, 7) is 1.88. The van der Waals surface area contributed by atoms with Crippen molar-refractivity contribution in [2.75, 3.05) is 13.7 Å². The first kappa shape index (κ1) is 17.2. The van der Waals surface area contributed by atoms with Gasteiger partial charge in [-0.1, -0.05) is 12.1 Å². The fourth-order valence-corrected chi connectivity index (χ4v) is 1.48. The van der Waals surface area contributed by atoms with E-state index >= 15 is 0 Å². The number of amides is 2. The minimum absolute atomic E-state index is 0.103. The number of carbonyl (C=O) groups is 3. The molecule has 0 fully saturated rings. The molecule has 1 aromatic carbocycles. The van der Waals surface area contributed by atoms with E-state index in [1.54, 1.807) is 38.3 Å². The van der Waals surface area contributed by atoms with Crippen LogP contribution in [-0.2, 0) is 25.5 Å². The molecule has 0 saturated heterocycles. The van der Waals surface area contributed by atoms with Gasteiger partial charge < -0.3 is 9.47 Å². The van der Waals surface area contributed by atoms with Gasteiger partial charge in [-0.3, -0.25) is 20.4 Å². The average molecular weight is 306 g/mol. The van der Waals surface area contributed by atoms with Gasteiger partial charge in [0.15, 0.2) is 0 Å². The molecule has 22 heavy (non-hydrogen) atoms. The maximum Gasteiger partial charge on any atom is 0.330 e. The Labute approximate surface area is 128 Å². The van der Waals surface area contributed by atoms with E-state index in [-0.39, 0.29) is 18.9 Å². The summed E-state index contributed by atoms with van der Waals surface area (Å²) in [5.74, 6) is -0.942. The molecule has 0 bridgehead atoms. The Morgan fingerprint density at radius 1 is 1.09 bits per heavy atom. The summed E-state index contributed by atoms with van der Waals surface area (Å²) in [5.41, 5.74) is 5.18. The maximum absolute atomic E-state index is 11.6. The van der Waals surface area contributed by atoms with Gasteiger partial charge in [-0.25, -0.2) is 4.79 Å². The Bertz CT molecular complexity index is 552.